The van der Waals surface area contributed by atoms with Gasteiger partial charge in [-0.15, -0.1) is 10.2 Å². The van der Waals surface area contributed by atoms with E-state index in [1.54, 1.807) is 23.9 Å². The third-order valence-corrected chi connectivity index (χ3v) is 5.00. The number of aliphatic imine (C=N–C) groups is 1. The number of hydrogen-bond donors (Lipinski definition) is 2. The van der Waals surface area contributed by atoms with Crippen LogP contribution in [0.1, 0.15) is 23.6 Å². The standard InChI is InChI=1S/C19H28F2N6O2S/c1-13-25-26-17(27(13)2)12-24-19(22-8-5-9-30-4)23-11-14-10-15(28-3)6-7-16(14)29-18(20)21/h6-7,10,18H,5,8-9,11-12H2,1-4H3,(H2,22,23,24). The highest BCUT2D eigenvalue weighted by atomic mass is 32.2. The van der Waals surface area contributed by atoms with E-state index in [1.807, 2.05) is 18.5 Å². The molecule has 2 aromatic rings. The number of hydrogen-bond acceptors (Lipinski definition) is 6. The van der Waals surface area contributed by atoms with E-state index < -0.39 is 6.61 Å². The summed E-state index contributed by atoms with van der Waals surface area (Å²) >= 11 is 1.77. The van der Waals surface area contributed by atoms with Gasteiger partial charge in [-0.2, -0.15) is 20.5 Å². The van der Waals surface area contributed by atoms with Crippen LogP contribution in [0.2, 0.25) is 0 Å². The van der Waals surface area contributed by atoms with Crippen LogP contribution in [0.5, 0.6) is 11.5 Å². The molecule has 2 rings (SSSR count). The van der Waals surface area contributed by atoms with Crippen molar-refractivity contribution in [2.45, 2.75) is 33.0 Å². The van der Waals surface area contributed by atoms with Gasteiger partial charge in [-0.05, 0) is 43.6 Å². The van der Waals surface area contributed by atoms with Crippen molar-refractivity contribution in [3.8, 4) is 11.5 Å². The summed E-state index contributed by atoms with van der Waals surface area (Å²) in [5.74, 6) is 3.74. The molecule has 0 fully saturated rings. The Kier molecular flexibility index (Phi) is 9.65. The molecular formula is C19H28F2N6O2S. The van der Waals surface area contributed by atoms with Gasteiger partial charge in [0, 0.05) is 19.2 Å². The minimum Gasteiger partial charge on any atom is -0.497 e. The summed E-state index contributed by atoms with van der Waals surface area (Å²) in [5, 5.41) is 14.6. The molecule has 0 spiro atoms. The van der Waals surface area contributed by atoms with Crippen LogP contribution in [-0.2, 0) is 20.1 Å². The van der Waals surface area contributed by atoms with Crippen molar-refractivity contribution in [1.29, 1.82) is 0 Å². The third kappa shape index (κ3) is 7.36. The molecule has 1 heterocycles. The van der Waals surface area contributed by atoms with Crippen molar-refractivity contribution in [2.24, 2.45) is 12.0 Å². The number of thioether (sulfide) groups is 1. The molecule has 0 amide bonds. The van der Waals surface area contributed by atoms with Gasteiger partial charge >= 0.3 is 6.61 Å². The van der Waals surface area contributed by atoms with Gasteiger partial charge in [-0.1, -0.05) is 0 Å². The maximum atomic E-state index is 12.7. The van der Waals surface area contributed by atoms with Gasteiger partial charge in [0.1, 0.15) is 17.3 Å². The summed E-state index contributed by atoms with van der Waals surface area (Å²) in [6.45, 7) is 0.240. The van der Waals surface area contributed by atoms with E-state index in [9.17, 15) is 8.78 Å². The summed E-state index contributed by atoms with van der Waals surface area (Å²) in [6.07, 6.45) is 3.01. The van der Waals surface area contributed by atoms with Crippen LogP contribution >= 0.6 is 11.8 Å². The zero-order chi connectivity index (χ0) is 21.9. The Morgan fingerprint density at radius 1 is 1.30 bits per heavy atom. The summed E-state index contributed by atoms with van der Waals surface area (Å²) in [7, 11) is 3.40. The number of aromatic nitrogens is 3. The first kappa shape index (κ1) is 23.7. The third-order valence-electron chi connectivity index (χ3n) is 4.31. The molecule has 0 aliphatic rings. The number of halogens is 2. The molecule has 0 radical (unpaired) electrons. The van der Waals surface area contributed by atoms with Crippen LogP contribution in [0.3, 0.4) is 0 Å². The van der Waals surface area contributed by atoms with Crippen LogP contribution in [0, 0.1) is 6.92 Å². The first-order valence-corrected chi connectivity index (χ1v) is 10.8. The van der Waals surface area contributed by atoms with E-state index >= 15 is 0 Å². The smallest absolute Gasteiger partial charge is 0.387 e. The minimum absolute atomic E-state index is 0.0696. The lowest BCUT2D eigenvalue weighted by atomic mass is 10.2. The molecule has 2 N–H and O–H groups in total. The van der Waals surface area contributed by atoms with Crippen LogP contribution in [-0.4, -0.2) is 53.0 Å². The Labute approximate surface area is 179 Å². The fourth-order valence-electron chi connectivity index (χ4n) is 2.55. The summed E-state index contributed by atoms with van der Waals surface area (Å²) in [6, 6.07) is 4.66. The maximum absolute atomic E-state index is 12.7. The van der Waals surface area contributed by atoms with Crippen molar-refractivity contribution in [2.75, 3.05) is 25.7 Å². The SMILES string of the molecule is COc1ccc(OC(F)F)c(CN=C(NCCCSC)NCc2nnc(C)n2C)c1. The van der Waals surface area contributed by atoms with E-state index in [2.05, 4.69) is 36.8 Å². The van der Waals surface area contributed by atoms with E-state index in [1.165, 1.54) is 13.2 Å². The Bertz CT molecular complexity index is 831. The average Bonchev–Trinajstić information content (AvgIpc) is 3.05. The second kappa shape index (κ2) is 12.2. The quantitative estimate of drug-likeness (QED) is 0.314. The number of methoxy groups -OCH3 is 1. The maximum Gasteiger partial charge on any atom is 0.387 e. The number of alkyl halides is 2. The Morgan fingerprint density at radius 2 is 2.10 bits per heavy atom. The van der Waals surface area contributed by atoms with E-state index in [0.717, 1.165) is 30.4 Å². The number of aryl methyl sites for hydroxylation is 1. The largest absolute Gasteiger partial charge is 0.497 e. The molecule has 0 atom stereocenters. The second-order valence-corrected chi connectivity index (χ2v) is 7.35. The normalized spacial score (nSPS) is 11.6. The molecule has 0 bridgehead atoms. The molecule has 0 saturated heterocycles. The summed E-state index contributed by atoms with van der Waals surface area (Å²) in [5.41, 5.74) is 0.495. The lowest BCUT2D eigenvalue weighted by molar-refractivity contribution is -0.0504. The van der Waals surface area contributed by atoms with E-state index in [-0.39, 0.29) is 12.3 Å². The molecule has 1 aromatic heterocycles. The number of benzene rings is 1. The van der Waals surface area contributed by atoms with Gasteiger partial charge in [-0.25, -0.2) is 4.99 Å². The van der Waals surface area contributed by atoms with E-state index in [4.69, 9.17) is 4.74 Å². The molecule has 0 saturated carbocycles. The summed E-state index contributed by atoms with van der Waals surface area (Å²) in [4.78, 5) is 4.54. The highest BCUT2D eigenvalue weighted by Gasteiger charge is 2.12. The van der Waals surface area contributed by atoms with Crippen LogP contribution in [0.25, 0.3) is 0 Å². The van der Waals surface area contributed by atoms with Gasteiger partial charge in [0.15, 0.2) is 11.8 Å². The highest BCUT2D eigenvalue weighted by Crippen LogP contribution is 2.26. The van der Waals surface area contributed by atoms with Crippen molar-refractivity contribution in [3.05, 3.63) is 35.4 Å². The first-order valence-electron chi connectivity index (χ1n) is 9.42. The molecule has 0 aliphatic carbocycles. The van der Waals surface area contributed by atoms with Crippen LogP contribution in [0.15, 0.2) is 23.2 Å². The van der Waals surface area contributed by atoms with Gasteiger partial charge in [-0.3, -0.25) is 0 Å². The number of guanidine groups is 1. The summed E-state index contributed by atoms with van der Waals surface area (Å²) < 4.78 is 37.2. The number of nitrogens with zero attached hydrogens (tertiary/aromatic N) is 4. The molecule has 166 valence electrons. The van der Waals surface area contributed by atoms with Crippen LogP contribution < -0.4 is 20.1 Å². The van der Waals surface area contributed by atoms with Gasteiger partial charge in [0.05, 0.1) is 20.2 Å². The van der Waals surface area contributed by atoms with Crippen molar-refractivity contribution in [1.82, 2.24) is 25.4 Å². The second-order valence-electron chi connectivity index (χ2n) is 6.37. The molecule has 0 unspecified atom stereocenters. The lowest BCUT2D eigenvalue weighted by Gasteiger charge is -2.14. The van der Waals surface area contributed by atoms with Gasteiger partial charge in [0.2, 0.25) is 0 Å². The van der Waals surface area contributed by atoms with Crippen molar-refractivity contribution >= 4 is 17.7 Å². The molecule has 11 heteroatoms. The predicted molar refractivity (Wildman–Crippen MR) is 114 cm³/mol. The lowest BCUT2D eigenvalue weighted by Crippen LogP contribution is -2.38. The molecule has 30 heavy (non-hydrogen) atoms. The van der Waals surface area contributed by atoms with E-state index in [0.29, 0.717) is 23.8 Å². The number of rotatable bonds is 11. The fraction of sp³-hybridized carbons (Fsp3) is 0.526. The minimum atomic E-state index is -2.91. The first-order chi connectivity index (χ1) is 14.4. The zero-order valence-electron chi connectivity index (χ0n) is 17.6. The fourth-order valence-corrected chi connectivity index (χ4v) is 2.98. The molecule has 8 nitrogen and oxygen atoms in total. The van der Waals surface area contributed by atoms with Crippen LogP contribution in [0.4, 0.5) is 8.78 Å². The average molecular weight is 443 g/mol. The Morgan fingerprint density at radius 3 is 2.73 bits per heavy atom. The topological polar surface area (TPSA) is 85.6 Å². The predicted octanol–water partition coefficient (Wildman–Crippen LogP) is 2.72. The van der Waals surface area contributed by atoms with Gasteiger partial charge < -0.3 is 24.7 Å². The van der Waals surface area contributed by atoms with Gasteiger partial charge in [0.25, 0.3) is 0 Å². The zero-order valence-corrected chi connectivity index (χ0v) is 18.4. The van der Waals surface area contributed by atoms with Crippen molar-refractivity contribution < 1.29 is 18.3 Å². The number of ether oxygens (including phenoxy) is 2. The number of nitrogens with one attached hydrogen (secondary N) is 2. The Hall–Kier alpha value is -2.56. The molecule has 1 aromatic carbocycles. The monoisotopic (exact) mass is 442 g/mol. The molecule has 0 aliphatic heterocycles. The highest BCUT2D eigenvalue weighted by molar-refractivity contribution is 7.98. The Balaban J connectivity index is 2.14. The van der Waals surface area contributed by atoms with Crippen molar-refractivity contribution in [3.63, 3.8) is 0 Å². The molecular weight excluding hydrogens is 414 g/mol.